The van der Waals surface area contributed by atoms with E-state index in [4.69, 9.17) is 4.74 Å². The summed E-state index contributed by atoms with van der Waals surface area (Å²) in [6.45, 7) is 3.05. The highest BCUT2D eigenvalue weighted by atomic mass is 19.4. The molecule has 5 rings (SSSR count). The van der Waals surface area contributed by atoms with Crippen molar-refractivity contribution in [2.75, 3.05) is 31.2 Å². The van der Waals surface area contributed by atoms with Gasteiger partial charge in [-0.25, -0.2) is 18.4 Å². The highest BCUT2D eigenvalue weighted by molar-refractivity contribution is 5.91. The summed E-state index contributed by atoms with van der Waals surface area (Å²) in [5, 5.41) is 14.0. The van der Waals surface area contributed by atoms with Gasteiger partial charge in [0.2, 0.25) is 5.95 Å². The fourth-order valence-corrected chi connectivity index (χ4v) is 4.87. The molecule has 0 unspecified atom stereocenters. The summed E-state index contributed by atoms with van der Waals surface area (Å²) in [6, 6.07) is 0.304. The van der Waals surface area contributed by atoms with Crippen molar-refractivity contribution >= 4 is 17.0 Å². The highest BCUT2D eigenvalue weighted by Crippen LogP contribution is 2.43. The van der Waals surface area contributed by atoms with Crippen LogP contribution in [0.5, 0.6) is 5.75 Å². The third kappa shape index (κ3) is 3.73. The number of hydrogen-bond acceptors (Lipinski definition) is 6. The quantitative estimate of drug-likeness (QED) is 0.544. The zero-order valence-electron chi connectivity index (χ0n) is 18.3. The fraction of sp³-hybridized carbons (Fsp3) is 0.500. The Bertz CT molecular complexity index is 1240. The Balaban J connectivity index is 1.50. The molecule has 2 aliphatic rings. The van der Waals surface area contributed by atoms with Crippen LogP contribution in [0.3, 0.4) is 0 Å². The molecule has 0 atom stereocenters. The average Bonchev–Trinajstić information content (AvgIpc) is 3.13. The Kier molecular flexibility index (Phi) is 5.38. The first-order valence-electron chi connectivity index (χ1n) is 10.9. The van der Waals surface area contributed by atoms with Crippen molar-refractivity contribution in [3.8, 4) is 17.0 Å². The van der Waals surface area contributed by atoms with Crippen LogP contribution < -0.4 is 4.90 Å². The van der Waals surface area contributed by atoms with E-state index < -0.39 is 34.7 Å². The molecule has 0 radical (unpaired) electrons. The van der Waals surface area contributed by atoms with Crippen molar-refractivity contribution in [1.82, 2.24) is 19.7 Å². The number of fused-ring (bicyclic) bond motifs is 1. The lowest BCUT2D eigenvalue weighted by molar-refractivity contribution is -0.140. The van der Waals surface area contributed by atoms with Crippen molar-refractivity contribution in [3.05, 3.63) is 29.5 Å². The molecule has 7 nitrogen and oxygen atoms in total. The molecule has 1 N–H and O–H groups in total. The number of aryl methyl sites for hydroxylation is 1. The molecule has 182 valence electrons. The number of anilines is 1. The van der Waals surface area contributed by atoms with E-state index in [-0.39, 0.29) is 22.1 Å². The molecule has 2 aliphatic heterocycles. The van der Waals surface area contributed by atoms with Gasteiger partial charge in [-0.15, -0.1) is 0 Å². The Morgan fingerprint density at radius 1 is 1.06 bits per heavy atom. The van der Waals surface area contributed by atoms with Gasteiger partial charge in [0, 0.05) is 45.1 Å². The second kappa shape index (κ2) is 8.03. The summed E-state index contributed by atoms with van der Waals surface area (Å²) in [6.07, 6.45) is 0.257. The molecule has 3 aromatic rings. The van der Waals surface area contributed by atoms with Crippen molar-refractivity contribution in [2.45, 2.75) is 31.9 Å². The molecule has 2 aromatic heterocycles. The van der Waals surface area contributed by atoms with Crippen LogP contribution >= 0.6 is 0 Å². The summed E-state index contributed by atoms with van der Waals surface area (Å²) in [5.74, 6) is -4.87. The van der Waals surface area contributed by atoms with Gasteiger partial charge in [0.05, 0.1) is 10.9 Å². The topological polar surface area (TPSA) is 76.3 Å². The lowest BCUT2D eigenvalue weighted by Gasteiger charge is -2.44. The number of hydrogen-bond donors (Lipinski definition) is 1. The van der Waals surface area contributed by atoms with Gasteiger partial charge in [0.25, 0.3) is 0 Å². The number of halogens is 5. The predicted molar refractivity (Wildman–Crippen MR) is 112 cm³/mol. The summed E-state index contributed by atoms with van der Waals surface area (Å²) < 4.78 is 75.0. The zero-order valence-corrected chi connectivity index (χ0v) is 18.3. The summed E-state index contributed by atoms with van der Waals surface area (Å²) in [7, 11) is 1.52. The van der Waals surface area contributed by atoms with E-state index in [1.54, 1.807) is 0 Å². The van der Waals surface area contributed by atoms with Gasteiger partial charge in [-0.1, -0.05) is 0 Å². The van der Waals surface area contributed by atoms with Gasteiger partial charge in [-0.3, -0.25) is 0 Å². The maximum Gasteiger partial charge on any atom is 0.419 e. The number of phenolic OH excluding ortho intramolecular Hbond substituents is 1. The van der Waals surface area contributed by atoms with Gasteiger partial charge >= 0.3 is 6.18 Å². The number of piperidine rings is 1. The Morgan fingerprint density at radius 2 is 1.74 bits per heavy atom. The van der Waals surface area contributed by atoms with Crippen LogP contribution in [-0.2, 0) is 18.0 Å². The van der Waals surface area contributed by atoms with E-state index in [9.17, 15) is 27.1 Å². The van der Waals surface area contributed by atoms with E-state index >= 15 is 0 Å². The minimum Gasteiger partial charge on any atom is -0.503 e. The number of rotatable bonds is 2. The first-order valence-corrected chi connectivity index (χ1v) is 10.9. The van der Waals surface area contributed by atoms with E-state index in [2.05, 4.69) is 15.1 Å². The SMILES string of the molecule is Cn1nc(-c2cc(C(F)(F)F)c(F)c(O)c2F)c2cnc(N3CCC4(CCOCC4)CC3)nc21. The van der Waals surface area contributed by atoms with Gasteiger partial charge < -0.3 is 14.7 Å². The molecule has 0 aliphatic carbocycles. The van der Waals surface area contributed by atoms with Gasteiger partial charge in [0.15, 0.2) is 23.0 Å². The molecule has 2 saturated heterocycles. The van der Waals surface area contributed by atoms with Crippen LogP contribution in [0.4, 0.5) is 27.9 Å². The number of ether oxygens (including phenoxy) is 1. The molecule has 0 bridgehead atoms. The van der Waals surface area contributed by atoms with Gasteiger partial charge in [-0.2, -0.15) is 23.3 Å². The summed E-state index contributed by atoms with van der Waals surface area (Å²) in [4.78, 5) is 10.9. The number of aromatic nitrogens is 4. The maximum atomic E-state index is 14.6. The zero-order chi connectivity index (χ0) is 24.3. The lowest BCUT2D eigenvalue weighted by atomic mass is 9.72. The number of phenols is 1. The van der Waals surface area contributed by atoms with Crippen molar-refractivity contribution in [2.24, 2.45) is 12.5 Å². The normalized spacial score (nSPS) is 18.7. The Morgan fingerprint density at radius 3 is 2.38 bits per heavy atom. The van der Waals surface area contributed by atoms with Crippen molar-refractivity contribution < 1.29 is 31.8 Å². The first-order chi connectivity index (χ1) is 16.1. The summed E-state index contributed by atoms with van der Waals surface area (Å²) >= 11 is 0. The third-order valence-electron chi connectivity index (χ3n) is 6.97. The van der Waals surface area contributed by atoms with Crippen LogP contribution in [0.2, 0.25) is 0 Å². The predicted octanol–water partition coefficient (Wildman–Crippen LogP) is 4.43. The van der Waals surface area contributed by atoms with E-state index in [1.165, 1.54) is 17.9 Å². The lowest BCUT2D eigenvalue weighted by Crippen LogP contribution is -2.43. The molecule has 12 heteroatoms. The monoisotopic (exact) mass is 483 g/mol. The second-order valence-corrected chi connectivity index (χ2v) is 8.92. The number of nitrogens with zero attached hydrogens (tertiary/aromatic N) is 5. The van der Waals surface area contributed by atoms with E-state index in [1.807, 2.05) is 4.90 Å². The van der Waals surface area contributed by atoms with Crippen LogP contribution in [0, 0.1) is 17.0 Å². The largest absolute Gasteiger partial charge is 0.503 e. The van der Waals surface area contributed by atoms with Crippen LogP contribution in [0.25, 0.3) is 22.3 Å². The third-order valence-corrected chi connectivity index (χ3v) is 6.97. The highest BCUT2D eigenvalue weighted by Gasteiger charge is 2.39. The van der Waals surface area contributed by atoms with E-state index in [0.29, 0.717) is 12.0 Å². The maximum absolute atomic E-state index is 14.6. The minimum atomic E-state index is -5.13. The van der Waals surface area contributed by atoms with Crippen LogP contribution in [-0.4, -0.2) is 51.2 Å². The molecule has 1 spiro atoms. The molecule has 4 heterocycles. The molecule has 0 saturated carbocycles. The second-order valence-electron chi connectivity index (χ2n) is 8.92. The molecular weight excluding hydrogens is 461 g/mol. The van der Waals surface area contributed by atoms with Gasteiger partial charge in [0.1, 0.15) is 5.69 Å². The first kappa shape index (κ1) is 22.8. The number of alkyl halides is 3. The van der Waals surface area contributed by atoms with Crippen LogP contribution in [0.1, 0.15) is 31.2 Å². The molecule has 0 amide bonds. The molecule has 2 fully saturated rings. The number of aromatic hydroxyl groups is 1. The smallest absolute Gasteiger partial charge is 0.419 e. The van der Waals surface area contributed by atoms with E-state index in [0.717, 1.165) is 52.0 Å². The van der Waals surface area contributed by atoms with Crippen molar-refractivity contribution in [3.63, 3.8) is 0 Å². The Labute approximate surface area is 191 Å². The average molecular weight is 483 g/mol. The molecule has 34 heavy (non-hydrogen) atoms. The molecule has 1 aromatic carbocycles. The van der Waals surface area contributed by atoms with Crippen LogP contribution in [0.15, 0.2) is 12.3 Å². The fourth-order valence-electron chi connectivity index (χ4n) is 4.87. The summed E-state index contributed by atoms with van der Waals surface area (Å²) in [5.41, 5.74) is -2.14. The van der Waals surface area contributed by atoms with Crippen molar-refractivity contribution in [1.29, 1.82) is 0 Å². The Hall–Kier alpha value is -3.02. The van der Waals surface area contributed by atoms with Gasteiger partial charge in [-0.05, 0) is 37.2 Å². The number of benzene rings is 1. The molecular formula is C22H22F5N5O2. The standard InChI is InChI=1S/C22H22F5N5O2/c1-31-19-13(17(30-31)12-10-14(22(25,26)27)16(24)18(33)15(12)23)11-28-20(29-19)32-6-2-21(3-7-32)4-8-34-9-5-21/h10-11,33H,2-9H2,1H3. The minimum absolute atomic E-state index is 0.183.